The highest BCUT2D eigenvalue weighted by molar-refractivity contribution is 8.18. The van der Waals surface area contributed by atoms with Crippen LogP contribution in [0.25, 0.3) is 6.08 Å². The number of anilines is 1. The molecule has 1 aromatic carbocycles. The number of amides is 2. The Morgan fingerprint density at radius 1 is 1.14 bits per heavy atom. The molecule has 2 heterocycles. The highest BCUT2D eigenvalue weighted by Crippen LogP contribution is 2.32. The van der Waals surface area contributed by atoms with Gasteiger partial charge in [-0.2, -0.15) is 0 Å². The molecule has 0 N–H and O–H groups in total. The fourth-order valence-electron chi connectivity index (χ4n) is 2.82. The molecule has 0 spiro atoms. The molecule has 4 nitrogen and oxygen atoms in total. The number of carbonyl (C=O) groups is 2. The molecule has 116 valence electrons. The summed E-state index contributed by atoms with van der Waals surface area (Å²) in [6.07, 6.45) is 5.11. The number of hydrogen-bond donors (Lipinski definition) is 0. The van der Waals surface area contributed by atoms with Crippen molar-refractivity contribution in [3.05, 3.63) is 34.7 Å². The van der Waals surface area contributed by atoms with Gasteiger partial charge < -0.3 is 4.90 Å². The Balaban J connectivity index is 1.74. The molecule has 0 aliphatic carbocycles. The van der Waals surface area contributed by atoms with Crippen LogP contribution in [0.1, 0.15) is 31.7 Å². The summed E-state index contributed by atoms with van der Waals surface area (Å²) < 4.78 is 0. The Labute approximate surface area is 135 Å². The molecule has 2 fully saturated rings. The van der Waals surface area contributed by atoms with Crippen LogP contribution in [0, 0.1) is 0 Å². The Bertz CT molecular complexity index is 604. The van der Waals surface area contributed by atoms with Gasteiger partial charge in [0.15, 0.2) is 0 Å². The standard InChI is InChI=1S/C17H20N2O2S/c1-2-9-19-16(20)15(22-17(19)21)12-13-5-7-14(8-6-13)18-10-3-4-11-18/h5-8,12H,2-4,9-11H2,1H3/b15-12-. The molecule has 0 aromatic heterocycles. The Morgan fingerprint density at radius 2 is 1.82 bits per heavy atom. The zero-order valence-electron chi connectivity index (χ0n) is 12.7. The summed E-state index contributed by atoms with van der Waals surface area (Å²) >= 11 is 1.03. The van der Waals surface area contributed by atoms with Gasteiger partial charge in [0, 0.05) is 25.3 Å². The fraction of sp³-hybridized carbons (Fsp3) is 0.412. The van der Waals surface area contributed by atoms with E-state index in [2.05, 4.69) is 17.0 Å². The number of carbonyl (C=O) groups excluding carboxylic acids is 2. The first-order chi connectivity index (χ1) is 10.7. The molecule has 0 unspecified atom stereocenters. The first-order valence-electron chi connectivity index (χ1n) is 7.79. The van der Waals surface area contributed by atoms with E-state index in [9.17, 15) is 9.59 Å². The predicted octanol–water partition coefficient (Wildman–Crippen LogP) is 3.73. The van der Waals surface area contributed by atoms with E-state index < -0.39 is 0 Å². The quantitative estimate of drug-likeness (QED) is 0.794. The minimum atomic E-state index is -0.166. The third-order valence-electron chi connectivity index (χ3n) is 3.98. The summed E-state index contributed by atoms with van der Waals surface area (Å²) in [5, 5.41) is -0.160. The number of thioether (sulfide) groups is 1. The minimum Gasteiger partial charge on any atom is -0.372 e. The highest BCUT2D eigenvalue weighted by atomic mass is 32.2. The van der Waals surface area contributed by atoms with Crippen molar-refractivity contribution in [2.24, 2.45) is 0 Å². The van der Waals surface area contributed by atoms with Crippen LogP contribution in [0.5, 0.6) is 0 Å². The van der Waals surface area contributed by atoms with Gasteiger partial charge in [-0.05, 0) is 54.8 Å². The zero-order chi connectivity index (χ0) is 15.5. The number of rotatable bonds is 4. The molecule has 2 amide bonds. The van der Waals surface area contributed by atoms with Crippen molar-refractivity contribution < 1.29 is 9.59 Å². The normalized spacial score (nSPS) is 20.5. The average molecular weight is 316 g/mol. The van der Waals surface area contributed by atoms with Crippen LogP contribution in [-0.4, -0.2) is 35.7 Å². The van der Waals surface area contributed by atoms with Crippen LogP contribution in [0.3, 0.4) is 0 Å². The Kier molecular flexibility index (Phi) is 4.52. The Morgan fingerprint density at radius 3 is 2.45 bits per heavy atom. The first-order valence-corrected chi connectivity index (χ1v) is 8.61. The van der Waals surface area contributed by atoms with E-state index in [0.717, 1.165) is 36.8 Å². The van der Waals surface area contributed by atoms with Gasteiger partial charge in [0.25, 0.3) is 11.1 Å². The molecule has 1 aromatic rings. The molecule has 5 heteroatoms. The topological polar surface area (TPSA) is 40.6 Å². The smallest absolute Gasteiger partial charge is 0.293 e. The monoisotopic (exact) mass is 316 g/mol. The van der Waals surface area contributed by atoms with Crippen molar-refractivity contribution in [2.45, 2.75) is 26.2 Å². The summed E-state index contributed by atoms with van der Waals surface area (Å²) in [5.74, 6) is -0.166. The van der Waals surface area contributed by atoms with Gasteiger partial charge in [-0.15, -0.1) is 0 Å². The van der Waals surface area contributed by atoms with Crippen molar-refractivity contribution in [3.8, 4) is 0 Å². The molecule has 2 saturated heterocycles. The molecular weight excluding hydrogens is 296 g/mol. The van der Waals surface area contributed by atoms with E-state index in [1.165, 1.54) is 23.4 Å². The van der Waals surface area contributed by atoms with Crippen molar-refractivity contribution in [1.29, 1.82) is 0 Å². The maximum atomic E-state index is 12.2. The van der Waals surface area contributed by atoms with E-state index in [0.29, 0.717) is 11.4 Å². The van der Waals surface area contributed by atoms with Crippen LogP contribution in [0.4, 0.5) is 10.5 Å². The summed E-state index contributed by atoms with van der Waals surface area (Å²) in [4.78, 5) is 28.2. The fourth-order valence-corrected chi connectivity index (χ4v) is 3.69. The van der Waals surface area contributed by atoms with Crippen molar-refractivity contribution >= 4 is 34.7 Å². The van der Waals surface area contributed by atoms with Gasteiger partial charge >= 0.3 is 0 Å². The lowest BCUT2D eigenvalue weighted by atomic mass is 10.2. The molecule has 2 aliphatic heterocycles. The highest BCUT2D eigenvalue weighted by Gasteiger charge is 2.34. The number of hydrogen-bond acceptors (Lipinski definition) is 4. The van der Waals surface area contributed by atoms with E-state index in [1.54, 1.807) is 0 Å². The SMILES string of the molecule is CCCN1C(=O)S/C(=C\c2ccc(N3CCCC3)cc2)C1=O. The molecule has 2 aliphatic rings. The maximum absolute atomic E-state index is 12.2. The average Bonchev–Trinajstić information content (AvgIpc) is 3.13. The third kappa shape index (κ3) is 3.04. The van der Waals surface area contributed by atoms with Gasteiger partial charge in [-0.25, -0.2) is 0 Å². The van der Waals surface area contributed by atoms with Crippen molar-refractivity contribution in [2.75, 3.05) is 24.5 Å². The van der Waals surface area contributed by atoms with Gasteiger partial charge in [0.2, 0.25) is 0 Å². The second-order valence-corrected chi connectivity index (χ2v) is 6.61. The first kappa shape index (κ1) is 15.2. The minimum absolute atomic E-state index is 0.160. The van der Waals surface area contributed by atoms with Crippen molar-refractivity contribution in [3.63, 3.8) is 0 Å². The molecule has 0 atom stereocenters. The Hall–Kier alpha value is -1.75. The molecule has 0 radical (unpaired) electrons. The van der Waals surface area contributed by atoms with Crippen LogP contribution < -0.4 is 4.90 Å². The summed E-state index contributed by atoms with van der Waals surface area (Å²) in [6.45, 7) is 4.70. The molecular formula is C17H20N2O2S. The second kappa shape index (κ2) is 6.57. The van der Waals surface area contributed by atoms with Crippen LogP contribution in [0.15, 0.2) is 29.2 Å². The van der Waals surface area contributed by atoms with Gasteiger partial charge in [0.1, 0.15) is 0 Å². The second-order valence-electron chi connectivity index (χ2n) is 5.62. The molecule has 22 heavy (non-hydrogen) atoms. The van der Waals surface area contributed by atoms with E-state index >= 15 is 0 Å². The summed E-state index contributed by atoms with van der Waals surface area (Å²) in [6, 6.07) is 8.21. The largest absolute Gasteiger partial charge is 0.372 e. The number of nitrogens with zero attached hydrogens (tertiary/aromatic N) is 2. The summed E-state index contributed by atoms with van der Waals surface area (Å²) in [7, 11) is 0. The number of benzene rings is 1. The van der Waals surface area contributed by atoms with E-state index in [4.69, 9.17) is 0 Å². The predicted molar refractivity (Wildman–Crippen MR) is 90.9 cm³/mol. The van der Waals surface area contributed by atoms with Crippen LogP contribution in [-0.2, 0) is 4.79 Å². The molecule has 3 rings (SSSR count). The van der Waals surface area contributed by atoms with Gasteiger partial charge in [0.05, 0.1) is 4.91 Å². The van der Waals surface area contributed by atoms with Crippen LogP contribution in [0.2, 0.25) is 0 Å². The summed E-state index contributed by atoms with van der Waals surface area (Å²) in [5.41, 5.74) is 2.19. The van der Waals surface area contributed by atoms with Crippen molar-refractivity contribution in [1.82, 2.24) is 4.90 Å². The van der Waals surface area contributed by atoms with Crippen LogP contribution >= 0.6 is 11.8 Å². The third-order valence-corrected chi connectivity index (χ3v) is 4.89. The molecule has 0 saturated carbocycles. The van der Waals surface area contributed by atoms with Gasteiger partial charge in [-0.1, -0.05) is 19.1 Å². The van der Waals surface area contributed by atoms with E-state index in [1.807, 2.05) is 25.1 Å². The zero-order valence-corrected chi connectivity index (χ0v) is 13.6. The van der Waals surface area contributed by atoms with Gasteiger partial charge in [-0.3, -0.25) is 14.5 Å². The van der Waals surface area contributed by atoms with E-state index in [-0.39, 0.29) is 11.1 Å². The number of imide groups is 1. The maximum Gasteiger partial charge on any atom is 0.293 e. The lowest BCUT2D eigenvalue weighted by molar-refractivity contribution is -0.122. The molecule has 0 bridgehead atoms. The lowest BCUT2D eigenvalue weighted by Crippen LogP contribution is -2.28. The lowest BCUT2D eigenvalue weighted by Gasteiger charge is -2.17.